The molecule has 5 nitrogen and oxygen atoms in total. The molecule has 0 saturated carbocycles. The van der Waals surface area contributed by atoms with E-state index in [9.17, 15) is 9.18 Å². The van der Waals surface area contributed by atoms with E-state index in [1.807, 2.05) is 26.0 Å². The maximum Gasteiger partial charge on any atom is 0.263 e. The van der Waals surface area contributed by atoms with Crippen molar-refractivity contribution in [1.82, 2.24) is 15.2 Å². The van der Waals surface area contributed by atoms with Crippen molar-refractivity contribution in [2.24, 2.45) is 5.92 Å². The SMILES string of the molecule is CC(C)CN(C(=O)c1ccccc1F)c1nnc(-c2cccnc2)s1. The summed E-state index contributed by atoms with van der Waals surface area (Å²) >= 11 is 1.29. The summed E-state index contributed by atoms with van der Waals surface area (Å²) in [7, 11) is 0. The number of carbonyl (C=O) groups is 1. The second-order valence-electron chi connectivity index (χ2n) is 5.92. The van der Waals surface area contributed by atoms with Gasteiger partial charge >= 0.3 is 0 Å². The van der Waals surface area contributed by atoms with Crippen LogP contribution in [-0.2, 0) is 0 Å². The molecule has 0 fully saturated rings. The summed E-state index contributed by atoms with van der Waals surface area (Å²) in [5, 5.41) is 9.41. The van der Waals surface area contributed by atoms with E-state index >= 15 is 0 Å². The Morgan fingerprint density at radius 2 is 2.00 bits per heavy atom. The molecular weight excluding hydrogens is 339 g/mol. The van der Waals surface area contributed by atoms with E-state index in [2.05, 4.69) is 15.2 Å². The lowest BCUT2D eigenvalue weighted by Gasteiger charge is -2.21. The minimum Gasteiger partial charge on any atom is -0.282 e. The predicted octanol–water partition coefficient (Wildman–Crippen LogP) is 4.04. The third-order valence-corrected chi connectivity index (χ3v) is 4.45. The highest BCUT2D eigenvalue weighted by Crippen LogP contribution is 2.29. The van der Waals surface area contributed by atoms with Crippen molar-refractivity contribution < 1.29 is 9.18 Å². The van der Waals surface area contributed by atoms with Gasteiger partial charge in [-0.05, 0) is 30.2 Å². The van der Waals surface area contributed by atoms with Gasteiger partial charge in [-0.15, -0.1) is 10.2 Å². The first kappa shape index (κ1) is 17.2. The number of benzene rings is 1. The Hall–Kier alpha value is -2.67. The molecule has 0 aliphatic heterocycles. The number of anilines is 1. The third-order valence-electron chi connectivity index (χ3n) is 3.45. The van der Waals surface area contributed by atoms with Crippen LogP contribution in [0, 0.1) is 11.7 Å². The molecule has 7 heteroatoms. The standard InChI is InChI=1S/C18H17FN4OS/c1-12(2)11-23(17(24)14-7-3-4-8-15(14)19)18-22-21-16(25-18)13-6-5-9-20-10-13/h3-10,12H,11H2,1-2H3. The molecule has 3 rings (SSSR count). The van der Waals surface area contributed by atoms with E-state index in [1.165, 1.54) is 28.4 Å². The summed E-state index contributed by atoms with van der Waals surface area (Å²) in [5.74, 6) is -0.764. The first-order chi connectivity index (χ1) is 12.1. The number of hydrogen-bond acceptors (Lipinski definition) is 5. The monoisotopic (exact) mass is 356 g/mol. The Bertz CT molecular complexity index is 866. The second-order valence-corrected chi connectivity index (χ2v) is 6.88. The van der Waals surface area contributed by atoms with Crippen LogP contribution in [0.25, 0.3) is 10.6 Å². The van der Waals surface area contributed by atoms with Crippen molar-refractivity contribution in [2.75, 3.05) is 11.4 Å². The predicted molar refractivity (Wildman–Crippen MR) is 96.1 cm³/mol. The molecule has 0 N–H and O–H groups in total. The van der Waals surface area contributed by atoms with Gasteiger partial charge in [0.05, 0.1) is 5.56 Å². The van der Waals surface area contributed by atoms with Crippen LogP contribution in [-0.4, -0.2) is 27.6 Å². The van der Waals surface area contributed by atoms with Gasteiger partial charge in [-0.2, -0.15) is 0 Å². The number of aromatic nitrogens is 3. The Morgan fingerprint density at radius 1 is 1.20 bits per heavy atom. The lowest BCUT2D eigenvalue weighted by Crippen LogP contribution is -2.34. The second kappa shape index (κ2) is 7.48. The zero-order valence-corrected chi connectivity index (χ0v) is 14.7. The largest absolute Gasteiger partial charge is 0.282 e. The summed E-state index contributed by atoms with van der Waals surface area (Å²) in [5.41, 5.74) is 0.857. The minimum atomic E-state index is -0.543. The smallest absolute Gasteiger partial charge is 0.263 e. The Kier molecular flexibility index (Phi) is 5.14. The zero-order chi connectivity index (χ0) is 17.8. The summed E-state index contributed by atoms with van der Waals surface area (Å²) in [4.78, 5) is 18.4. The molecule has 0 spiro atoms. The van der Waals surface area contributed by atoms with Crippen molar-refractivity contribution in [3.8, 4) is 10.6 Å². The van der Waals surface area contributed by atoms with Crippen LogP contribution < -0.4 is 4.90 Å². The number of nitrogens with zero attached hydrogens (tertiary/aromatic N) is 4. The van der Waals surface area contributed by atoms with Crippen molar-refractivity contribution >= 4 is 22.4 Å². The van der Waals surface area contributed by atoms with Gasteiger partial charge in [0.25, 0.3) is 5.91 Å². The minimum absolute atomic E-state index is 0.0290. The van der Waals surface area contributed by atoms with Crippen LogP contribution in [0.4, 0.5) is 9.52 Å². The number of amides is 1. The highest BCUT2D eigenvalue weighted by atomic mass is 32.1. The molecule has 0 radical (unpaired) electrons. The van der Waals surface area contributed by atoms with Crippen LogP contribution in [0.15, 0.2) is 48.8 Å². The van der Waals surface area contributed by atoms with Gasteiger partial charge in [-0.25, -0.2) is 4.39 Å². The van der Waals surface area contributed by atoms with E-state index in [0.717, 1.165) is 5.56 Å². The normalized spacial score (nSPS) is 10.9. The Labute approximate surface area is 149 Å². The van der Waals surface area contributed by atoms with Crippen LogP contribution >= 0.6 is 11.3 Å². The van der Waals surface area contributed by atoms with E-state index in [1.54, 1.807) is 24.5 Å². The fourth-order valence-electron chi connectivity index (χ4n) is 2.32. The van der Waals surface area contributed by atoms with Gasteiger partial charge in [0.1, 0.15) is 5.82 Å². The number of halogens is 1. The Balaban J connectivity index is 1.95. The van der Waals surface area contributed by atoms with Gasteiger partial charge in [0.2, 0.25) is 5.13 Å². The molecular formula is C18H17FN4OS. The van der Waals surface area contributed by atoms with Gasteiger partial charge < -0.3 is 0 Å². The lowest BCUT2D eigenvalue weighted by molar-refractivity contribution is 0.0980. The molecule has 3 aromatic rings. The van der Waals surface area contributed by atoms with Crippen molar-refractivity contribution in [2.45, 2.75) is 13.8 Å². The van der Waals surface area contributed by atoms with Crippen molar-refractivity contribution in [1.29, 1.82) is 0 Å². The average Bonchev–Trinajstić information content (AvgIpc) is 3.10. The highest BCUT2D eigenvalue weighted by molar-refractivity contribution is 7.18. The molecule has 0 unspecified atom stereocenters. The van der Waals surface area contributed by atoms with Gasteiger partial charge in [0.15, 0.2) is 5.01 Å². The molecule has 2 aromatic heterocycles. The third kappa shape index (κ3) is 3.88. The van der Waals surface area contributed by atoms with E-state index in [-0.39, 0.29) is 11.5 Å². The summed E-state index contributed by atoms with van der Waals surface area (Å²) in [6.45, 7) is 4.41. The highest BCUT2D eigenvalue weighted by Gasteiger charge is 2.24. The topological polar surface area (TPSA) is 59.0 Å². The average molecular weight is 356 g/mol. The molecule has 0 aliphatic rings. The number of pyridine rings is 1. The molecule has 0 saturated heterocycles. The molecule has 1 aromatic carbocycles. The van der Waals surface area contributed by atoms with Crippen LogP contribution in [0.5, 0.6) is 0 Å². The van der Waals surface area contributed by atoms with Gasteiger partial charge in [-0.3, -0.25) is 14.7 Å². The summed E-state index contributed by atoms with van der Waals surface area (Å²) in [6, 6.07) is 9.65. The molecule has 0 atom stereocenters. The first-order valence-corrected chi connectivity index (χ1v) is 8.68. The molecule has 0 bridgehead atoms. The van der Waals surface area contributed by atoms with E-state index in [0.29, 0.717) is 16.7 Å². The number of rotatable bonds is 5. The van der Waals surface area contributed by atoms with Crippen molar-refractivity contribution in [3.05, 3.63) is 60.2 Å². The first-order valence-electron chi connectivity index (χ1n) is 7.86. The summed E-state index contributed by atoms with van der Waals surface area (Å²) < 4.78 is 14.0. The fraction of sp³-hybridized carbons (Fsp3) is 0.222. The fourth-order valence-corrected chi connectivity index (χ4v) is 3.17. The molecule has 2 heterocycles. The van der Waals surface area contributed by atoms with Crippen molar-refractivity contribution in [3.63, 3.8) is 0 Å². The maximum absolute atomic E-state index is 14.0. The Morgan fingerprint density at radius 3 is 2.68 bits per heavy atom. The number of hydrogen-bond donors (Lipinski definition) is 0. The van der Waals surface area contributed by atoms with E-state index in [4.69, 9.17) is 0 Å². The maximum atomic E-state index is 14.0. The van der Waals surface area contributed by atoms with Gasteiger partial charge in [-0.1, -0.05) is 37.3 Å². The molecule has 128 valence electrons. The number of carbonyl (C=O) groups excluding carboxylic acids is 1. The quantitative estimate of drug-likeness (QED) is 0.692. The molecule has 25 heavy (non-hydrogen) atoms. The molecule has 1 amide bonds. The van der Waals surface area contributed by atoms with Crippen LogP contribution in [0.3, 0.4) is 0 Å². The van der Waals surface area contributed by atoms with Gasteiger partial charge in [0, 0.05) is 24.5 Å². The summed E-state index contributed by atoms with van der Waals surface area (Å²) in [6.07, 6.45) is 3.37. The lowest BCUT2D eigenvalue weighted by atomic mass is 10.1. The molecule has 0 aliphatic carbocycles. The van der Waals surface area contributed by atoms with E-state index < -0.39 is 11.7 Å². The van der Waals surface area contributed by atoms with Crippen LogP contribution in [0.2, 0.25) is 0 Å². The zero-order valence-electron chi connectivity index (χ0n) is 13.9. The van der Waals surface area contributed by atoms with Crippen LogP contribution in [0.1, 0.15) is 24.2 Å².